The maximum Gasteiger partial charge on any atom is 0.227 e. The van der Waals surface area contributed by atoms with Crippen molar-refractivity contribution in [3.63, 3.8) is 0 Å². The average Bonchev–Trinajstić information content (AvgIpc) is 3.38. The van der Waals surface area contributed by atoms with Gasteiger partial charge >= 0.3 is 0 Å². The van der Waals surface area contributed by atoms with Crippen molar-refractivity contribution in [3.8, 4) is 5.75 Å². The van der Waals surface area contributed by atoms with E-state index in [0.29, 0.717) is 32.1 Å². The Hall–Kier alpha value is -2.01. The number of benzene rings is 1. The minimum Gasteiger partial charge on any atom is -0.496 e. The molecule has 1 N–H and O–H groups in total. The summed E-state index contributed by atoms with van der Waals surface area (Å²) in [6.07, 6.45) is 4.72. The highest BCUT2D eigenvalue weighted by Crippen LogP contribution is 2.44. The predicted octanol–water partition coefficient (Wildman–Crippen LogP) is 2.75. The minimum atomic E-state index is -0.147. The Morgan fingerprint density at radius 2 is 2.29 bits per heavy atom. The maximum absolute atomic E-state index is 13.1. The van der Waals surface area contributed by atoms with Crippen LogP contribution < -0.4 is 4.74 Å². The largest absolute Gasteiger partial charge is 0.496 e. The molecule has 128 valence electrons. The lowest BCUT2D eigenvalue weighted by atomic mass is 9.92. The van der Waals surface area contributed by atoms with Crippen LogP contribution >= 0.6 is 0 Å². The minimum absolute atomic E-state index is 0.147. The van der Waals surface area contributed by atoms with Gasteiger partial charge in [-0.1, -0.05) is 6.07 Å². The van der Waals surface area contributed by atoms with Gasteiger partial charge in [0.15, 0.2) is 0 Å². The molecule has 1 aliphatic heterocycles. The zero-order chi connectivity index (χ0) is 16.7. The molecule has 5 heteroatoms. The molecule has 4 rings (SSSR count). The maximum atomic E-state index is 13.1. The van der Waals surface area contributed by atoms with E-state index in [1.807, 2.05) is 24.4 Å². The Morgan fingerprint density at radius 3 is 3.04 bits per heavy atom. The fraction of sp³-hybridized carbons (Fsp3) is 0.526. The van der Waals surface area contributed by atoms with Gasteiger partial charge < -0.3 is 19.4 Å². The summed E-state index contributed by atoms with van der Waals surface area (Å²) in [5, 5.41) is 1.01. The van der Waals surface area contributed by atoms with Crippen LogP contribution in [0.2, 0.25) is 0 Å². The Labute approximate surface area is 141 Å². The Balaban J connectivity index is 1.62. The summed E-state index contributed by atoms with van der Waals surface area (Å²) in [5.41, 5.74) is 1.85. The molecule has 5 nitrogen and oxygen atoms in total. The first kappa shape index (κ1) is 15.5. The second-order valence-corrected chi connectivity index (χ2v) is 7.10. The van der Waals surface area contributed by atoms with Crippen molar-refractivity contribution < 1.29 is 14.3 Å². The number of methoxy groups -OCH3 is 1. The van der Waals surface area contributed by atoms with E-state index in [2.05, 4.69) is 16.8 Å². The summed E-state index contributed by atoms with van der Waals surface area (Å²) in [5.74, 6) is 1.57. The third-order valence-electron chi connectivity index (χ3n) is 5.54. The van der Waals surface area contributed by atoms with Gasteiger partial charge in [-0.05, 0) is 43.4 Å². The van der Waals surface area contributed by atoms with Crippen molar-refractivity contribution in [2.24, 2.45) is 5.92 Å². The van der Waals surface area contributed by atoms with Gasteiger partial charge in [0.2, 0.25) is 5.91 Å². The summed E-state index contributed by atoms with van der Waals surface area (Å²) < 4.78 is 11.2. The second-order valence-electron chi connectivity index (χ2n) is 7.10. The van der Waals surface area contributed by atoms with Gasteiger partial charge in [-0.3, -0.25) is 4.79 Å². The highest BCUT2D eigenvalue weighted by Gasteiger charge is 2.49. The zero-order valence-corrected chi connectivity index (χ0v) is 14.3. The van der Waals surface area contributed by atoms with E-state index in [9.17, 15) is 4.79 Å². The summed E-state index contributed by atoms with van der Waals surface area (Å²) in [7, 11) is 1.67. The molecule has 1 unspecified atom stereocenters. The number of nitrogens with one attached hydrogen (secondary N) is 1. The Kier molecular flexibility index (Phi) is 3.76. The van der Waals surface area contributed by atoms with E-state index in [1.54, 1.807) is 7.11 Å². The molecular formula is C19H24N2O3. The molecule has 24 heavy (non-hydrogen) atoms. The Morgan fingerprint density at radius 1 is 1.46 bits per heavy atom. The molecule has 1 aromatic carbocycles. The molecule has 0 radical (unpaired) electrons. The average molecular weight is 328 g/mol. The lowest BCUT2D eigenvalue weighted by Crippen LogP contribution is -2.59. The molecule has 2 fully saturated rings. The van der Waals surface area contributed by atoms with E-state index >= 15 is 0 Å². The van der Waals surface area contributed by atoms with Crippen LogP contribution in [0.25, 0.3) is 10.9 Å². The van der Waals surface area contributed by atoms with Crippen LogP contribution in [0, 0.1) is 5.92 Å². The normalized spacial score (nSPS) is 24.3. The number of aromatic nitrogens is 1. The molecule has 1 aliphatic carbocycles. The van der Waals surface area contributed by atoms with Gasteiger partial charge in [-0.25, -0.2) is 0 Å². The molecule has 1 aromatic heterocycles. The van der Waals surface area contributed by atoms with Crippen LogP contribution in [0.4, 0.5) is 0 Å². The summed E-state index contributed by atoms with van der Waals surface area (Å²) in [4.78, 5) is 18.4. The number of aromatic amines is 1. The lowest BCUT2D eigenvalue weighted by molar-refractivity contribution is -0.149. The number of amides is 1. The van der Waals surface area contributed by atoms with Gasteiger partial charge in [0, 0.05) is 23.6 Å². The van der Waals surface area contributed by atoms with Gasteiger partial charge in [0.05, 0.1) is 32.3 Å². The van der Waals surface area contributed by atoms with Crippen LogP contribution in [0.1, 0.15) is 25.3 Å². The van der Waals surface area contributed by atoms with Crippen molar-refractivity contribution in [2.45, 2.75) is 31.7 Å². The number of hydrogen-bond donors (Lipinski definition) is 1. The monoisotopic (exact) mass is 328 g/mol. The molecule has 0 spiro atoms. The van der Waals surface area contributed by atoms with Crippen molar-refractivity contribution in [2.75, 3.05) is 26.9 Å². The summed E-state index contributed by atoms with van der Waals surface area (Å²) in [6, 6.07) is 5.90. The van der Waals surface area contributed by atoms with Crippen LogP contribution in [-0.2, 0) is 16.0 Å². The van der Waals surface area contributed by atoms with E-state index < -0.39 is 0 Å². The van der Waals surface area contributed by atoms with Crippen molar-refractivity contribution in [3.05, 3.63) is 30.0 Å². The van der Waals surface area contributed by atoms with E-state index in [0.717, 1.165) is 22.2 Å². The first-order valence-electron chi connectivity index (χ1n) is 8.64. The molecule has 0 bridgehead atoms. The molecule has 2 heterocycles. The Bertz CT molecular complexity index is 765. The van der Waals surface area contributed by atoms with Gasteiger partial charge in [-0.15, -0.1) is 0 Å². The van der Waals surface area contributed by atoms with Crippen molar-refractivity contribution in [1.29, 1.82) is 0 Å². The molecule has 2 aliphatic rings. The lowest BCUT2D eigenvalue weighted by Gasteiger charge is -2.45. The molecule has 1 amide bonds. The number of H-pyrrole nitrogens is 1. The number of hydrogen-bond acceptors (Lipinski definition) is 3. The standard InChI is InChI=1S/C19H24N2O3/c1-19(14-6-7-14)12-24-9-8-21(19)17(22)10-13-11-20-15-4-3-5-16(23-2)18(13)15/h3-5,11,14,20H,6-10,12H2,1-2H3. The van der Waals surface area contributed by atoms with E-state index in [-0.39, 0.29) is 11.4 Å². The van der Waals surface area contributed by atoms with Gasteiger partial charge in [0.25, 0.3) is 0 Å². The quantitative estimate of drug-likeness (QED) is 0.939. The smallest absolute Gasteiger partial charge is 0.227 e. The first-order valence-corrected chi connectivity index (χ1v) is 8.64. The molecule has 2 aromatic rings. The predicted molar refractivity (Wildman–Crippen MR) is 92.2 cm³/mol. The van der Waals surface area contributed by atoms with Crippen LogP contribution in [-0.4, -0.2) is 48.2 Å². The van der Waals surface area contributed by atoms with Crippen LogP contribution in [0.3, 0.4) is 0 Å². The highest BCUT2D eigenvalue weighted by molar-refractivity contribution is 5.93. The fourth-order valence-corrected chi connectivity index (χ4v) is 4.01. The molecule has 1 saturated carbocycles. The summed E-state index contributed by atoms with van der Waals surface area (Å²) >= 11 is 0. The van der Waals surface area contributed by atoms with Gasteiger partial charge in [0.1, 0.15) is 5.75 Å². The molecule has 1 saturated heterocycles. The number of fused-ring (bicyclic) bond motifs is 1. The van der Waals surface area contributed by atoms with Gasteiger partial charge in [-0.2, -0.15) is 0 Å². The highest BCUT2D eigenvalue weighted by atomic mass is 16.5. The number of carbonyl (C=O) groups excluding carboxylic acids is 1. The van der Waals surface area contributed by atoms with E-state index in [4.69, 9.17) is 9.47 Å². The third kappa shape index (κ3) is 2.47. The zero-order valence-electron chi connectivity index (χ0n) is 14.3. The number of carbonyl (C=O) groups is 1. The molecular weight excluding hydrogens is 304 g/mol. The second kappa shape index (κ2) is 5.81. The molecule has 1 atom stereocenters. The summed E-state index contributed by atoms with van der Waals surface area (Å²) in [6.45, 7) is 4.15. The fourth-order valence-electron chi connectivity index (χ4n) is 4.01. The number of morpholine rings is 1. The van der Waals surface area contributed by atoms with Crippen LogP contribution in [0.15, 0.2) is 24.4 Å². The third-order valence-corrected chi connectivity index (χ3v) is 5.54. The topological polar surface area (TPSA) is 54.6 Å². The number of ether oxygens (including phenoxy) is 2. The van der Waals surface area contributed by atoms with Crippen LogP contribution in [0.5, 0.6) is 5.75 Å². The van der Waals surface area contributed by atoms with Crippen molar-refractivity contribution in [1.82, 2.24) is 9.88 Å². The first-order chi connectivity index (χ1) is 11.6. The number of nitrogens with zero attached hydrogens (tertiary/aromatic N) is 1. The number of rotatable bonds is 4. The van der Waals surface area contributed by atoms with E-state index in [1.165, 1.54) is 12.8 Å². The van der Waals surface area contributed by atoms with Crippen molar-refractivity contribution >= 4 is 16.8 Å². The SMILES string of the molecule is COc1cccc2[nH]cc(CC(=O)N3CCOCC3(C)C3CC3)c12.